The Labute approximate surface area is 124 Å². The summed E-state index contributed by atoms with van der Waals surface area (Å²) < 4.78 is 46.3. The lowest BCUT2D eigenvalue weighted by molar-refractivity contribution is -0.129. The molecule has 0 bridgehead atoms. The van der Waals surface area contributed by atoms with E-state index in [4.69, 9.17) is 4.74 Å². The van der Waals surface area contributed by atoms with Crippen molar-refractivity contribution in [3.05, 3.63) is 42.2 Å². The van der Waals surface area contributed by atoms with Gasteiger partial charge in [-0.05, 0) is 5.56 Å². The Morgan fingerprint density at radius 2 is 2.00 bits per heavy atom. The predicted octanol–water partition coefficient (Wildman–Crippen LogP) is 3.32. The van der Waals surface area contributed by atoms with Crippen molar-refractivity contribution in [2.75, 3.05) is 13.7 Å². The van der Waals surface area contributed by atoms with Crippen LogP contribution < -0.4 is 0 Å². The topological polar surface area (TPSA) is 39.9 Å². The average Bonchev–Trinajstić information content (AvgIpc) is 2.89. The molecule has 1 aromatic carbocycles. The first-order chi connectivity index (χ1) is 10.0. The summed E-state index contributed by atoms with van der Waals surface area (Å²) >= 11 is 0.641. The van der Waals surface area contributed by atoms with Crippen LogP contribution in [0.4, 0.5) is 13.2 Å². The smallest absolute Gasteiger partial charge is 0.383 e. The first kappa shape index (κ1) is 15.8. The van der Waals surface area contributed by atoms with E-state index in [0.29, 0.717) is 24.9 Å². The maximum absolute atomic E-state index is 13.3. The summed E-state index contributed by atoms with van der Waals surface area (Å²) in [6.07, 6.45) is -2.97. The van der Waals surface area contributed by atoms with Gasteiger partial charge in [0.2, 0.25) is 0 Å². The Kier molecular flexibility index (Phi) is 5.24. The van der Waals surface area contributed by atoms with Crippen molar-refractivity contribution in [3.63, 3.8) is 0 Å². The zero-order valence-electron chi connectivity index (χ0n) is 11.2. The predicted molar refractivity (Wildman–Crippen MR) is 73.0 cm³/mol. The molecule has 0 N–H and O–H groups in total. The number of methoxy groups -OCH3 is 1. The second kappa shape index (κ2) is 6.95. The van der Waals surface area contributed by atoms with Gasteiger partial charge in [0.05, 0.1) is 6.61 Å². The fraction of sp³-hybridized carbons (Fsp3) is 0.385. The quantitative estimate of drug-likeness (QED) is 0.766. The van der Waals surface area contributed by atoms with Gasteiger partial charge in [-0.3, -0.25) is 0 Å². The van der Waals surface area contributed by atoms with Crippen LogP contribution in [0.1, 0.15) is 10.8 Å². The fourth-order valence-corrected chi connectivity index (χ4v) is 2.74. The molecule has 0 aliphatic heterocycles. The molecule has 21 heavy (non-hydrogen) atoms. The maximum Gasteiger partial charge on any atom is 0.404 e. The van der Waals surface area contributed by atoms with Gasteiger partial charge in [-0.1, -0.05) is 42.1 Å². The van der Waals surface area contributed by atoms with E-state index in [1.54, 1.807) is 22.8 Å². The van der Waals surface area contributed by atoms with Crippen molar-refractivity contribution in [1.29, 1.82) is 0 Å². The first-order valence-corrected chi connectivity index (χ1v) is 7.05. The summed E-state index contributed by atoms with van der Waals surface area (Å²) in [4.78, 5) is 0. The summed E-state index contributed by atoms with van der Waals surface area (Å²) in [7, 11) is 1.53. The van der Waals surface area contributed by atoms with E-state index in [-0.39, 0.29) is 10.7 Å². The molecule has 114 valence electrons. The lowest BCUT2D eigenvalue weighted by Gasteiger charge is -2.19. The van der Waals surface area contributed by atoms with Gasteiger partial charge in [0.25, 0.3) is 0 Å². The molecular formula is C13H14F3N3OS. The van der Waals surface area contributed by atoms with E-state index < -0.39 is 11.4 Å². The SMILES string of the molecule is COCCn1cnnc1S[C@@H](c1ccccc1)C(F)(F)F. The lowest BCUT2D eigenvalue weighted by Crippen LogP contribution is -2.18. The molecule has 0 spiro atoms. The van der Waals surface area contributed by atoms with Gasteiger partial charge in [0, 0.05) is 13.7 Å². The molecule has 1 heterocycles. The molecule has 8 heteroatoms. The van der Waals surface area contributed by atoms with Gasteiger partial charge in [-0.2, -0.15) is 13.2 Å². The number of aromatic nitrogens is 3. The highest BCUT2D eigenvalue weighted by Gasteiger charge is 2.42. The minimum Gasteiger partial charge on any atom is -0.383 e. The third-order valence-corrected chi connectivity index (χ3v) is 4.04. The number of halogens is 3. The highest BCUT2D eigenvalue weighted by molar-refractivity contribution is 7.99. The molecule has 0 aliphatic carbocycles. The van der Waals surface area contributed by atoms with Crippen LogP contribution in [0.2, 0.25) is 0 Å². The minimum atomic E-state index is -4.37. The van der Waals surface area contributed by atoms with E-state index in [1.165, 1.54) is 25.6 Å². The maximum atomic E-state index is 13.3. The van der Waals surface area contributed by atoms with E-state index in [0.717, 1.165) is 0 Å². The summed E-state index contributed by atoms with van der Waals surface area (Å²) in [6.45, 7) is 0.790. The van der Waals surface area contributed by atoms with Crippen LogP contribution in [0.15, 0.2) is 41.8 Å². The standard InChI is InChI=1S/C13H14F3N3OS/c1-20-8-7-19-9-17-18-12(19)21-11(13(14,15)16)10-5-3-2-4-6-10/h2-6,9,11H,7-8H2,1H3/t11-/m0/s1. The van der Waals surface area contributed by atoms with E-state index in [9.17, 15) is 13.2 Å². The zero-order chi connectivity index (χ0) is 15.3. The number of hydrogen-bond donors (Lipinski definition) is 0. The number of thioether (sulfide) groups is 1. The number of ether oxygens (including phenoxy) is 1. The monoisotopic (exact) mass is 317 g/mol. The van der Waals surface area contributed by atoms with E-state index in [2.05, 4.69) is 10.2 Å². The Morgan fingerprint density at radius 3 is 2.62 bits per heavy atom. The first-order valence-electron chi connectivity index (χ1n) is 6.17. The number of benzene rings is 1. The van der Waals surface area contributed by atoms with Crippen molar-refractivity contribution < 1.29 is 17.9 Å². The van der Waals surface area contributed by atoms with Crippen LogP contribution in [-0.4, -0.2) is 34.7 Å². The van der Waals surface area contributed by atoms with Gasteiger partial charge in [0.15, 0.2) is 5.16 Å². The minimum absolute atomic E-state index is 0.191. The molecule has 0 fully saturated rings. The molecule has 1 aromatic heterocycles. The Morgan fingerprint density at radius 1 is 1.29 bits per heavy atom. The molecule has 1 atom stereocenters. The molecule has 4 nitrogen and oxygen atoms in total. The number of rotatable bonds is 6. The summed E-state index contributed by atoms with van der Waals surface area (Å²) in [6, 6.07) is 7.78. The van der Waals surface area contributed by atoms with Crippen LogP contribution in [0.5, 0.6) is 0 Å². The Hall–Kier alpha value is -1.54. The molecular weight excluding hydrogens is 303 g/mol. The lowest BCUT2D eigenvalue weighted by atomic mass is 10.1. The third-order valence-electron chi connectivity index (χ3n) is 2.74. The fourth-order valence-electron chi connectivity index (χ4n) is 1.74. The molecule has 0 saturated heterocycles. The Balaban J connectivity index is 2.22. The molecule has 0 amide bonds. The van der Waals surface area contributed by atoms with Crippen LogP contribution in [-0.2, 0) is 11.3 Å². The zero-order valence-corrected chi connectivity index (χ0v) is 12.1. The van der Waals surface area contributed by atoms with Crippen LogP contribution >= 0.6 is 11.8 Å². The summed E-state index contributed by atoms with van der Waals surface area (Å²) in [5, 5.41) is 5.99. The van der Waals surface area contributed by atoms with Crippen molar-refractivity contribution in [1.82, 2.24) is 14.8 Å². The van der Waals surface area contributed by atoms with Crippen LogP contribution in [0.25, 0.3) is 0 Å². The van der Waals surface area contributed by atoms with Crippen molar-refractivity contribution in [2.45, 2.75) is 23.1 Å². The van der Waals surface area contributed by atoms with E-state index in [1.807, 2.05) is 0 Å². The second-order valence-corrected chi connectivity index (χ2v) is 5.32. The number of hydrogen-bond acceptors (Lipinski definition) is 4. The molecule has 0 aliphatic rings. The molecule has 0 radical (unpaired) electrons. The highest BCUT2D eigenvalue weighted by atomic mass is 32.2. The van der Waals surface area contributed by atoms with Crippen molar-refractivity contribution >= 4 is 11.8 Å². The highest BCUT2D eigenvalue weighted by Crippen LogP contribution is 2.45. The average molecular weight is 317 g/mol. The van der Waals surface area contributed by atoms with Crippen LogP contribution in [0.3, 0.4) is 0 Å². The van der Waals surface area contributed by atoms with Gasteiger partial charge >= 0.3 is 6.18 Å². The van der Waals surface area contributed by atoms with Gasteiger partial charge in [-0.25, -0.2) is 0 Å². The van der Waals surface area contributed by atoms with Gasteiger partial charge in [0.1, 0.15) is 11.6 Å². The van der Waals surface area contributed by atoms with Crippen molar-refractivity contribution in [3.8, 4) is 0 Å². The van der Waals surface area contributed by atoms with Gasteiger partial charge in [-0.15, -0.1) is 10.2 Å². The second-order valence-electron chi connectivity index (χ2n) is 4.25. The third kappa shape index (κ3) is 4.21. The number of nitrogens with zero attached hydrogens (tertiary/aromatic N) is 3. The molecule has 2 rings (SSSR count). The normalized spacial score (nSPS) is 13.3. The summed E-state index contributed by atoms with van der Waals surface area (Å²) in [5.41, 5.74) is 0.191. The molecule has 2 aromatic rings. The molecule has 0 saturated carbocycles. The Bertz CT molecular complexity index is 559. The summed E-state index contributed by atoms with van der Waals surface area (Å²) in [5.74, 6) is 0. The number of alkyl halides is 3. The van der Waals surface area contributed by atoms with Gasteiger partial charge < -0.3 is 9.30 Å². The van der Waals surface area contributed by atoms with E-state index >= 15 is 0 Å². The van der Waals surface area contributed by atoms with Crippen LogP contribution in [0, 0.1) is 0 Å². The van der Waals surface area contributed by atoms with Crippen molar-refractivity contribution in [2.24, 2.45) is 0 Å². The largest absolute Gasteiger partial charge is 0.404 e. The molecule has 0 unspecified atom stereocenters.